The lowest BCUT2D eigenvalue weighted by Crippen LogP contribution is -2.66. The van der Waals surface area contributed by atoms with Gasteiger partial charge in [-0.15, -0.1) is 0 Å². The molecule has 0 aromatic heterocycles. The zero-order valence-corrected chi connectivity index (χ0v) is 8.19. The molecule has 2 unspecified atom stereocenters. The summed E-state index contributed by atoms with van der Waals surface area (Å²) in [6.07, 6.45) is 1.34. The maximum Gasteiger partial charge on any atom is 0.256 e. The Balaban J connectivity index is 1.87. The van der Waals surface area contributed by atoms with Gasteiger partial charge in [0.1, 0.15) is 0 Å². The molecule has 0 N–H and O–H groups in total. The highest BCUT2D eigenvalue weighted by molar-refractivity contribution is 5.13. The average Bonchev–Trinajstić information content (AvgIpc) is 2.51. The summed E-state index contributed by atoms with van der Waals surface area (Å²) in [5.41, 5.74) is -0.889. The first-order chi connectivity index (χ1) is 6.48. The van der Waals surface area contributed by atoms with Crippen LogP contribution < -0.4 is 0 Å². The highest BCUT2D eigenvalue weighted by atomic mass is 19.3. The predicted octanol–water partition coefficient (Wildman–Crippen LogP) is 2.18. The molecule has 4 heteroatoms. The molecule has 1 aliphatic heterocycles. The molecule has 80 valence electrons. The fourth-order valence-electron chi connectivity index (χ4n) is 3.32. The van der Waals surface area contributed by atoms with Gasteiger partial charge in [0.05, 0.1) is 13.2 Å². The van der Waals surface area contributed by atoms with Crippen molar-refractivity contribution < 1.29 is 18.3 Å². The lowest BCUT2D eigenvalue weighted by atomic mass is 9.50. The Kier molecular flexibility index (Phi) is 1.48. The summed E-state index contributed by atoms with van der Waals surface area (Å²) >= 11 is 0. The standard InChI is InChI=1S/C10H14F2O2/c1-8-4-7(10(8,11)12)5-9(6-8)13-2-3-14-9/h7H,2-6H2,1H3. The minimum Gasteiger partial charge on any atom is -0.347 e. The van der Waals surface area contributed by atoms with Crippen molar-refractivity contribution in [3.8, 4) is 0 Å². The van der Waals surface area contributed by atoms with E-state index in [1.54, 1.807) is 6.92 Å². The molecule has 2 nitrogen and oxygen atoms in total. The zero-order valence-electron chi connectivity index (χ0n) is 8.19. The monoisotopic (exact) mass is 204 g/mol. The van der Waals surface area contributed by atoms with Crippen LogP contribution in [0.5, 0.6) is 0 Å². The van der Waals surface area contributed by atoms with Gasteiger partial charge < -0.3 is 9.47 Å². The Morgan fingerprint density at radius 3 is 2.29 bits per heavy atom. The first-order valence-corrected chi connectivity index (χ1v) is 5.13. The van der Waals surface area contributed by atoms with Crippen LogP contribution in [-0.2, 0) is 9.47 Å². The van der Waals surface area contributed by atoms with Crippen LogP contribution in [0.2, 0.25) is 0 Å². The van der Waals surface area contributed by atoms with Gasteiger partial charge in [-0.1, -0.05) is 6.92 Å². The van der Waals surface area contributed by atoms with Crippen LogP contribution in [-0.4, -0.2) is 24.9 Å². The third-order valence-electron chi connectivity index (χ3n) is 4.04. The smallest absolute Gasteiger partial charge is 0.256 e. The molecule has 0 radical (unpaired) electrons. The number of hydrogen-bond acceptors (Lipinski definition) is 2. The van der Waals surface area contributed by atoms with Gasteiger partial charge in [0.25, 0.3) is 5.92 Å². The van der Waals surface area contributed by atoms with Gasteiger partial charge in [0.2, 0.25) is 0 Å². The van der Waals surface area contributed by atoms with Gasteiger partial charge in [-0.3, -0.25) is 0 Å². The van der Waals surface area contributed by atoms with Crippen molar-refractivity contribution in [1.29, 1.82) is 0 Å². The molecule has 1 spiro atoms. The van der Waals surface area contributed by atoms with Crippen LogP contribution >= 0.6 is 0 Å². The van der Waals surface area contributed by atoms with Crippen molar-refractivity contribution >= 4 is 0 Å². The van der Waals surface area contributed by atoms with Gasteiger partial charge in [0.15, 0.2) is 5.79 Å². The molecule has 2 atom stereocenters. The first-order valence-electron chi connectivity index (χ1n) is 5.13. The molecule has 3 saturated carbocycles. The van der Waals surface area contributed by atoms with E-state index in [1.807, 2.05) is 0 Å². The average molecular weight is 204 g/mol. The van der Waals surface area contributed by atoms with Crippen LogP contribution in [0.3, 0.4) is 0 Å². The fourth-order valence-corrected chi connectivity index (χ4v) is 3.32. The molecular formula is C10H14F2O2. The van der Waals surface area contributed by atoms with Crippen LogP contribution in [0.15, 0.2) is 0 Å². The summed E-state index contributed by atoms with van der Waals surface area (Å²) in [5, 5.41) is 0. The Morgan fingerprint density at radius 2 is 1.79 bits per heavy atom. The van der Waals surface area contributed by atoms with E-state index in [0.717, 1.165) is 0 Å². The number of alkyl halides is 2. The summed E-state index contributed by atoms with van der Waals surface area (Å²) in [6, 6.07) is 0. The Bertz CT molecular complexity index is 273. The maximum atomic E-state index is 13.6. The number of hydrogen-bond donors (Lipinski definition) is 0. The van der Waals surface area contributed by atoms with E-state index < -0.39 is 23.0 Å². The molecule has 14 heavy (non-hydrogen) atoms. The third kappa shape index (κ3) is 0.865. The zero-order chi connectivity index (χ0) is 10.0. The van der Waals surface area contributed by atoms with Crippen LogP contribution in [0.25, 0.3) is 0 Å². The first kappa shape index (κ1) is 9.04. The second kappa shape index (κ2) is 2.30. The van der Waals surface area contributed by atoms with Crippen LogP contribution in [0, 0.1) is 11.3 Å². The maximum absolute atomic E-state index is 13.6. The normalized spacial score (nSPS) is 47.8. The van der Waals surface area contributed by atoms with Gasteiger partial charge in [-0.25, -0.2) is 8.78 Å². The van der Waals surface area contributed by atoms with Crippen molar-refractivity contribution in [1.82, 2.24) is 0 Å². The molecule has 3 aliphatic carbocycles. The minimum absolute atomic E-state index is 0.351. The molecule has 2 bridgehead atoms. The Labute approximate surface area is 81.6 Å². The number of rotatable bonds is 0. The van der Waals surface area contributed by atoms with Crippen molar-refractivity contribution in [2.45, 2.75) is 37.9 Å². The SMILES string of the molecule is CC12CC(CC3(C1)OCCO3)C2(F)F. The molecular weight excluding hydrogens is 190 g/mol. The van der Waals surface area contributed by atoms with Gasteiger partial charge in [0, 0.05) is 24.2 Å². The van der Waals surface area contributed by atoms with Crippen molar-refractivity contribution in [3.05, 3.63) is 0 Å². The lowest BCUT2D eigenvalue weighted by Gasteiger charge is -2.61. The van der Waals surface area contributed by atoms with Crippen molar-refractivity contribution in [2.75, 3.05) is 13.2 Å². The summed E-state index contributed by atoms with van der Waals surface area (Å²) in [7, 11) is 0. The molecule has 4 fully saturated rings. The van der Waals surface area contributed by atoms with Crippen molar-refractivity contribution in [2.24, 2.45) is 11.3 Å². The van der Waals surface area contributed by atoms with E-state index in [0.29, 0.717) is 32.5 Å². The topological polar surface area (TPSA) is 18.5 Å². The molecule has 4 rings (SSSR count). The summed E-state index contributed by atoms with van der Waals surface area (Å²) in [6.45, 7) is 2.75. The molecule has 1 saturated heterocycles. The van der Waals surface area contributed by atoms with Crippen LogP contribution in [0.1, 0.15) is 26.2 Å². The highest BCUT2D eigenvalue weighted by Gasteiger charge is 2.73. The van der Waals surface area contributed by atoms with E-state index in [-0.39, 0.29) is 0 Å². The molecule has 4 aliphatic rings. The van der Waals surface area contributed by atoms with Gasteiger partial charge >= 0.3 is 0 Å². The van der Waals surface area contributed by atoms with E-state index in [2.05, 4.69) is 0 Å². The fraction of sp³-hybridized carbons (Fsp3) is 1.00. The van der Waals surface area contributed by atoms with Crippen molar-refractivity contribution in [3.63, 3.8) is 0 Å². The lowest BCUT2D eigenvalue weighted by molar-refractivity contribution is -0.344. The largest absolute Gasteiger partial charge is 0.347 e. The third-order valence-corrected chi connectivity index (χ3v) is 4.04. The van der Waals surface area contributed by atoms with Gasteiger partial charge in [-0.2, -0.15) is 0 Å². The summed E-state index contributed by atoms with van der Waals surface area (Å²) in [5.74, 6) is -3.70. The second-order valence-electron chi connectivity index (χ2n) is 5.07. The predicted molar refractivity (Wildman–Crippen MR) is 45.0 cm³/mol. The van der Waals surface area contributed by atoms with E-state index >= 15 is 0 Å². The number of ether oxygens (including phenoxy) is 2. The number of halogens is 2. The molecule has 0 aromatic carbocycles. The molecule has 1 heterocycles. The second-order valence-corrected chi connectivity index (χ2v) is 5.07. The quantitative estimate of drug-likeness (QED) is 0.602. The Morgan fingerprint density at radius 1 is 1.14 bits per heavy atom. The van der Waals surface area contributed by atoms with E-state index in [1.165, 1.54) is 0 Å². The molecule has 0 amide bonds. The highest BCUT2D eigenvalue weighted by Crippen LogP contribution is 2.68. The van der Waals surface area contributed by atoms with Crippen LogP contribution in [0.4, 0.5) is 8.78 Å². The van der Waals surface area contributed by atoms with E-state index in [9.17, 15) is 8.78 Å². The summed E-state index contributed by atoms with van der Waals surface area (Å²) < 4.78 is 38.1. The Hall–Kier alpha value is -0.220. The minimum atomic E-state index is -2.51. The summed E-state index contributed by atoms with van der Waals surface area (Å²) in [4.78, 5) is 0. The van der Waals surface area contributed by atoms with Gasteiger partial charge in [-0.05, 0) is 6.42 Å². The van der Waals surface area contributed by atoms with E-state index in [4.69, 9.17) is 9.47 Å². The molecule has 0 aromatic rings.